The Labute approximate surface area is 528 Å². The van der Waals surface area contributed by atoms with Gasteiger partial charge in [0.25, 0.3) is 18.3 Å². The Hall–Kier alpha value is -8.03. The quantitative estimate of drug-likeness (QED) is 0.0789. The minimum atomic E-state index is -7.10. The average molecular weight is 1630 g/mol. The second kappa shape index (κ2) is 34.5. The van der Waals surface area contributed by atoms with Crippen LogP contribution >= 0.6 is 0 Å². The molecule has 0 aliphatic carbocycles. The summed E-state index contributed by atoms with van der Waals surface area (Å²) in [5, 5.41) is 0. The van der Waals surface area contributed by atoms with Gasteiger partial charge < -0.3 is 28.4 Å². The molecule has 0 aromatic rings. The summed E-state index contributed by atoms with van der Waals surface area (Å²) in [7, 11) is 0. The van der Waals surface area contributed by atoms with Crippen molar-refractivity contribution < 1.29 is 264 Å². The number of esters is 6. The maximum absolute atomic E-state index is 12.2. The zero-order valence-corrected chi connectivity index (χ0v) is 47.6. The van der Waals surface area contributed by atoms with Gasteiger partial charge in [-0.3, -0.25) is 0 Å². The molecular weight excluding hydrogens is 1600 g/mol. The van der Waals surface area contributed by atoms with Gasteiger partial charge in [-0.1, -0.05) is 39.5 Å². The smallest absolute Gasteiger partial charge is 0.439 e. The summed E-state index contributed by atoms with van der Waals surface area (Å²) in [5.74, 6) is -18.6. The number of rotatable bonds is 12. The van der Waals surface area contributed by atoms with E-state index in [9.17, 15) is 235 Å². The summed E-state index contributed by atoms with van der Waals surface area (Å²) in [6.07, 6.45) is -110. The molecule has 0 heterocycles. The molecule has 0 atom stereocenters. The van der Waals surface area contributed by atoms with Gasteiger partial charge in [0.2, 0.25) is 11.7 Å². The molecule has 0 amide bonds. The van der Waals surface area contributed by atoms with E-state index in [1.807, 2.05) is 6.58 Å². The fourth-order valence-electron chi connectivity index (χ4n) is 4.16. The van der Waals surface area contributed by atoms with Gasteiger partial charge in [-0.2, -0.15) is 206 Å². The van der Waals surface area contributed by atoms with Crippen molar-refractivity contribution in [1.29, 1.82) is 0 Å². The van der Waals surface area contributed by atoms with Crippen molar-refractivity contribution in [2.75, 3.05) is 0 Å². The second-order valence-electron chi connectivity index (χ2n) is 17.2. The van der Waals surface area contributed by atoms with E-state index in [0.29, 0.717) is 13.8 Å². The summed E-state index contributed by atoms with van der Waals surface area (Å²) >= 11 is 0. The number of halogens is 47. The summed E-state index contributed by atoms with van der Waals surface area (Å²) in [4.78, 5) is 62.9. The molecule has 12 nitrogen and oxygen atoms in total. The highest BCUT2D eigenvalue weighted by Crippen LogP contribution is 2.58. The average Bonchev–Trinajstić information content (AvgIpc) is 0.738. The van der Waals surface area contributed by atoms with Crippen LogP contribution in [-0.2, 0) is 57.2 Å². The molecule has 0 aromatic carbocycles. The number of ether oxygens (including phenoxy) is 6. The molecular formula is C43H27F47O12. The van der Waals surface area contributed by atoms with Crippen LogP contribution in [0.3, 0.4) is 0 Å². The van der Waals surface area contributed by atoms with E-state index in [2.05, 4.69) is 61.3 Å². The molecule has 0 saturated carbocycles. The van der Waals surface area contributed by atoms with Crippen molar-refractivity contribution in [3.8, 4) is 0 Å². The van der Waals surface area contributed by atoms with Crippen LogP contribution in [-0.4, -0.2) is 164 Å². The van der Waals surface area contributed by atoms with E-state index in [-0.39, 0.29) is 0 Å². The van der Waals surface area contributed by atoms with Crippen molar-refractivity contribution >= 4 is 35.8 Å². The number of hydrogen-bond acceptors (Lipinski definition) is 12. The standard InChI is InChI=1S/2C8H5F9O2.C7H2F10O2.2C7H6F6O2.C6H3F7O2/c2*1-3(2)4(18)19-5(6(9,10)11,7(12,13)14)8(15,16)17;1-2(8)3(18)19-4(5(9,10)11,6(12,13)14)7(15,16)17;2*1-3(2)4(14)15-5(6(8,9)10)7(11,12)13;1-2(7)3(14)15-4(5(8,9)10)6(11,12)13/h2*1H2,2H3;1H2;2*5H,1H2,2H3;4H,1H2. The fraction of sp³-hybridized carbons (Fsp3) is 0.581. The molecule has 0 saturated heterocycles. The maximum atomic E-state index is 12.2. The Morgan fingerprint density at radius 3 is 0.431 bits per heavy atom. The third kappa shape index (κ3) is 29.7. The van der Waals surface area contributed by atoms with Crippen LogP contribution in [0, 0.1) is 0 Å². The van der Waals surface area contributed by atoms with E-state index in [1.54, 1.807) is 0 Å². The van der Waals surface area contributed by atoms with Gasteiger partial charge in [0.15, 0.2) is 0 Å². The van der Waals surface area contributed by atoms with Gasteiger partial charge >= 0.3 is 145 Å². The van der Waals surface area contributed by atoms with Crippen LogP contribution in [0.15, 0.2) is 73.4 Å². The first-order valence-electron chi connectivity index (χ1n) is 22.3. The molecule has 0 radical (unpaired) electrons. The third-order valence-corrected chi connectivity index (χ3v) is 8.63. The molecule has 0 spiro atoms. The monoisotopic (exact) mass is 1630 g/mol. The number of carbonyl (C=O) groups excluding carboxylic acids is 6. The zero-order chi connectivity index (χ0) is 84.9. The van der Waals surface area contributed by atoms with E-state index in [0.717, 1.165) is 13.8 Å². The molecule has 59 heteroatoms. The van der Waals surface area contributed by atoms with E-state index in [1.165, 1.54) is 0 Å². The first kappa shape index (κ1) is 105. The highest BCUT2D eigenvalue weighted by atomic mass is 19.5. The molecule has 0 unspecified atom stereocenters. The Morgan fingerprint density at radius 1 is 0.216 bits per heavy atom. The van der Waals surface area contributed by atoms with Crippen LogP contribution < -0.4 is 0 Å². The topological polar surface area (TPSA) is 158 Å². The molecule has 102 heavy (non-hydrogen) atoms. The minimum absolute atomic E-state index is 0.548. The summed E-state index contributed by atoms with van der Waals surface area (Å²) in [5.41, 5.74) is -23.2. The Kier molecular flexibility index (Phi) is 35.5. The second-order valence-corrected chi connectivity index (χ2v) is 17.2. The van der Waals surface area contributed by atoms with Gasteiger partial charge in [-0.25, -0.2) is 28.8 Å². The van der Waals surface area contributed by atoms with Crippen LogP contribution in [0.2, 0.25) is 0 Å². The lowest BCUT2D eigenvalue weighted by Crippen LogP contribution is -2.68. The highest BCUT2D eigenvalue weighted by molar-refractivity contribution is 5.89. The predicted octanol–water partition coefficient (Wildman–Crippen LogP) is 18.2. The lowest BCUT2D eigenvalue weighted by molar-refractivity contribution is -0.446. The molecule has 0 N–H and O–H groups in total. The summed E-state index contributed by atoms with van der Waals surface area (Å²) < 4.78 is 582. The van der Waals surface area contributed by atoms with Crippen molar-refractivity contribution in [2.45, 2.75) is 155 Å². The first-order valence-corrected chi connectivity index (χ1v) is 22.3. The highest BCUT2D eigenvalue weighted by Gasteiger charge is 2.90. The SMILES string of the molecule is C=C(C)C(=O)OC(C(F)(F)F)(C(F)(F)F)C(F)(F)F.C=C(C)C(=O)OC(C(F)(F)F)(C(F)(F)F)C(F)(F)F.C=C(C)C(=O)OC(C(F)(F)F)C(F)(F)F.C=C(C)C(=O)OC(C(F)(F)F)C(F)(F)F.C=C(F)C(=O)OC(C(F)(F)F)(C(F)(F)F)C(F)(F)F.C=C(F)C(=O)OC(C(F)(F)F)C(F)(F)F. The van der Waals surface area contributed by atoms with Gasteiger partial charge in [0.05, 0.1) is 0 Å². The molecule has 0 aliphatic rings. The van der Waals surface area contributed by atoms with Crippen molar-refractivity contribution in [3.63, 3.8) is 0 Å². The van der Waals surface area contributed by atoms with Gasteiger partial charge in [-0.15, -0.1) is 0 Å². The Bertz CT molecular complexity index is 2450. The van der Waals surface area contributed by atoms with Crippen LogP contribution in [0.1, 0.15) is 27.7 Å². The van der Waals surface area contributed by atoms with Gasteiger partial charge in [0.1, 0.15) is 0 Å². The van der Waals surface area contributed by atoms with Gasteiger partial charge in [-0.05, 0) is 27.7 Å². The molecule has 0 aliphatic heterocycles. The molecule has 0 aromatic heterocycles. The van der Waals surface area contributed by atoms with Crippen molar-refractivity contribution in [1.82, 2.24) is 0 Å². The predicted molar refractivity (Wildman–Crippen MR) is 227 cm³/mol. The first-order chi connectivity index (χ1) is 43.6. The van der Waals surface area contributed by atoms with E-state index < -0.39 is 198 Å². The van der Waals surface area contributed by atoms with Crippen LogP contribution in [0.4, 0.5) is 206 Å². The summed E-state index contributed by atoms with van der Waals surface area (Å²) in [6, 6.07) is 0. The maximum Gasteiger partial charge on any atom is 0.447 e. The number of alkyl halides is 45. The number of hydrogen-bond donors (Lipinski definition) is 0. The Morgan fingerprint density at radius 2 is 0.333 bits per heavy atom. The zero-order valence-electron chi connectivity index (χ0n) is 47.6. The molecule has 600 valence electrons. The lowest BCUT2D eigenvalue weighted by atomic mass is 10.0. The largest absolute Gasteiger partial charge is 0.447 e. The lowest BCUT2D eigenvalue weighted by Gasteiger charge is -2.37. The molecule has 0 rings (SSSR count). The minimum Gasteiger partial charge on any atom is -0.439 e. The number of carbonyl (C=O) groups is 6. The van der Waals surface area contributed by atoms with E-state index in [4.69, 9.17) is 0 Å². The molecule has 0 bridgehead atoms. The van der Waals surface area contributed by atoms with E-state index >= 15 is 0 Å². The fourth-order valence-corrected chi connectivity index (χ4v) is 4.16. The van der Waals surface area contributed by atoms with Crippen LogP contribution in [0.25, 0.3) is 0 Å². The van der Waals surface area contributed by atoms with Crippen LogP contribution in [0.5, 0.6) is 0 Å². The van der Waals surface area contributed by atoms with Gasteiger partial charge in [0, 0.05) is 22.3 Å². The summed E-state index contributed by atoms with van der Waals surface area (Å²) in [6.45, 7) is 18.1. The Balaban J connectivity index is -0.000000272. The van der Waals surface area contributed by atoms with Crippen molar-refractivity contribution in [2.24, 2.45) is 0 Å². The third-order valence-electron chi connectivity index (χ3n) is 8.63. The normalized spacial score (nSPS) is 13.6. The molecule has 0 fully saturated rings. The van der Waals surface area contributed by atoms with Crippen molar-refractivity contribution in [3.05, 3.63) is 73.4 Å².